The van der Waals surface area contributed by atoms with Gasteiger partial charge in [0.25, 0.3) is 10.0 Å². The smallest absolute Gasteiger partial charge is 0.268 e. The van der Waals surface area contributed by atoms with E-state index in [1.807, 2.05) is 73.7 Å². The van der Waals surface area contributed by atoms with Crippen molar-refractivity contribution in [1.82, 2.24) is 23.9 Å². The number of aryl methyl sites for hydroxylation is 2. The molecule has 0 aliphatic rings. The van der Waals surface area contributed by atoms with Gasteiger partial charge in [0.05, 0.1) is 10.4 Å². The normalized spacial score (nSPS) is 11.9. The van der Waals surface area contributed by atoms with E-state index in [2.05, 4.69) is 19.9 Å². The molecule has 0 spiro atoms. The number of H-pyrrole nitrogens is 1. The van der Waals surface area contributed by atoms with Crippen LogP contribution in [0.5, 0.6) is 0 Å². The van der Waals surface area contributed by atoms with Gasteiger partial charge in [0.2, 0.25) is 0 Å². The van der Waals surface area contributed by atoms with Crippen molar-refractivity contribution in [2.24, 2.45) is 0 Å². The maximum atomic E-state index is 14.1. The molecule has 184 valence electrons. The molecule has 8 nitrogen and oxygen atoms in total. The summed E-state index contributed by atoms with van der Waals surface area (Å²) >= 11 is 0. The predicted molar refractivity (Wildman–Crippen MR) is 145 cm³/mol. The molecule has 0 amide bonds. The van der Waals surface area contributed by atoms with Crippen molar-refractivity contribution >= 4 is 37.9 Å². The average molecular weight is 509 g/mol. The number of anilines is 1. The minimum atomic E-state index is -3.89. The molecular formula is C28H24N6O2S. The van der Waals surface area contributed by atoms with E-state index in [1.165, 1.54) is 10.3 Å². The van der Waals surface area contributed by atoms with Gasteiger partial charge in [-0.25, -0.2) is 27.3 Å². The fraction of sp³-hybridized carbons (Fsp3) is 0.107. The lowest BCUT2D eigenvalue weighted by Gasteiger charge is -2.13. The molecule has 0 atom stereocenters. The Morgan fingerprint density at radius 2 is 1.62 bits per heavy atom. The van der Waals surface area contributed by atoms with Crippen LogP contribution >= 0.6 is 0 Å². The van der Waals surface area contributed by atoms with Crippen molar-refractivity contribution in [2.45, 2.75) is 24.7 Å². The van der Waals surface area contributed by atoms with Gasteiger partial charge in [-0.3, -0.25) is 0 Å². The Labute approximate surface area is 213 Å². The highest BCUT2D eigenvalue weighted by Gasteiger charge is 2.27. The monoisotopic (exact) mass is 508 g/mol. The number of fused-ring (bicyclic) bond motifs is 2. The number of para-hydroxylation sites is 1. The molecule has 0 fully saturated rings. The molecular weight excluding hydrogens is 484 g/mol. The van der Waals surface area contributed by atoms with E-state index >= 15 is 0 Å². The fourth-order valence-corrected chi connectivity index (χ4v) is 6.34. The van der Waals surface area contributed by atoms with Crippen LogP contribution in [0.4, 0.5) is 5.82 Å². The number of nitrogen functional groups attached to an aromatic ring is 1. The number of benzene rings is 3. The third kappa shape index (κ3) is 3.93. The average Bonchev–Trinajstić information content (AvgIpc) is 3.48. The zero-order valence-corrected chi connectivity index (χ0v) is 20.9. The van der Waals surface area contributed by atoms with E-state index in [4.69, 9.17) is 5.73 Å². The van der Waals surface area contributed by atoms with Crippen LogP contribution in [0.15, 0.2) is 90.1 Å². The third-order valence-corrected chi connectivity index (χ3v) is 8.28. The van der Waals surface area contributed by atoms with Crippen LogP contribution in [0.25, 0.3) is 33.2 Å². The van der Waals surface area contributed by atoms with E-state index in [-0.39, 0.29) is 4.90 Å². The van der Waals surface area contributed by atoms with Crippen LogP contribution in [0, 0.1) is 6.92 Å². The highest BCUT2D eigenvalue weighted by atomic mass is 32.2. The SMILES string of the molecule is Cc1ccc(S(=O)(=O)n2c(CCc3nc4ncnc(N)c4[nH]3)c(-c3ccccc3)c3ccccc32)cc1. The summed E-state index contributed by atoms with van der Waals surface area (Å²) in [5, 5.41) is 0.874. The van der Waals surface area contributed by atoms with Gasteiger partial charge in [0, 0.05) is 23.1 Å². The Hall–Kier alpha value is -4.50. The summed E-state index contributed by atoms with van der Waals surface area (Å²) in [6.45, 7) is 1.94. The van der Waals surface area contributed by atoms with Crippen LogP contribution < -0.4 is 5.73 Å². The maximum absolute atomic E-state index is 14.1. The molecule has 0 bridgehead atoms. The van der Waals surface area contributed by atoms with Crippen LogP contribution in [-0.4, -0.2) is 32.3 Å². The number of nitrogens with zero attached hydrogens (tertiary/aromatic N) is 4. The number of nitrogens with one attached hydrogen (secondary N) is 1. The second-order valence-corrected chi connectivity index (χ2v) is 10.7. The van der Waals surface area contributed by atoms with E-state index in [0.29, 0.717) is 46.9 Å². The molecule has 3 N–H and O–H groups in total. The van der Waals surface area contributed by atoms with Gasteiger partial charge in [0.15, 0.2) is 11.5 Å². The first-order chi connectivity index (χ1) is 17.9. The Balaban J connectivity index is 1.56. The third-order valence-electron chi connectivity index (χ3n) is 6.51. The van der Waals surface area contributed by atoms with Gasteiger partial charge < -0.3 is 10.7 Å². The van der Waals surface area contributed by atoms with Gasteiger partial charge in [-0.15, -0.1) is 0 Å². The molecule has 0 unspecified atom stereocenters. The summed E-state index contributed by atoms with van der Waals surface area (Å²) < 4.78 is 29.7. The second-order valence-electron chi connectivity index (χ2n) is 8.93. The molecule has 3 heterocycles. The minimum Gasteiger partial charge on any atom is -0.382 e. The number of hydrogen-bond donors (Lipinski definition) is 2. The first-order valence-electron chi connectivity index (χ1n) is 11.9. The standard InChI is InChI=1S/C28H24N6O2S/c1-18-11-13-20(14-12-18)37(35,36)34-22-10-6-5-9-21(22)25(19-7-3-2-4-8-19)23(34)15-16-24-32-26-27(29)30-17-31-28(26)33-24/h2-14,17H,15-16H2,1H3,(H3,29,30,31,32,33). The first-order valence-corrected chi connectivity index (χ1v) is 13.3. The topological polar surface area (TPSA) is 120 Å². The van der Waals surface area contributed by atoms with Gasteiger partial charge in [-0.05, 0) is 37.1 Å². The van der Waals surface area contributed by atoms with Crippen molar-refractivity contribution in [1.29, 1.82) is 0 Å². The summed E-state index contributed by atoms with van der Waals surface area (Å²) in [7, 11) is -3.89. The number of imidazole rings is 1. The summed E-state index contributed by atoms with van der Waals surface area (Å²) in [4.78, 5) is 16.2. The molecule has 0 saturated heterocycles. The molecule has 6 aromatic rings. The lowest BCUT2D eigenvalue weighted by Crippen LogP contribution is -2.16. The highest BCUT2D eigenvalue weighted by molar-refractivity contribution is 7.90. The summed E-state index contributed by atoms with van der Waals surface area (Å²) in [6.07, 6.45) is 2.24. The highest BCUT2D eigenvalue weighted by Crippen LogP contribution is 2.38. The van der Waals surface area contributed by atoms with Crippen molar-refractivity contribution in [3.8, 4) is 11.1 Å². The maximum Gasteiger partial charge on any atom is 0.268 e. The molecule has 3 aromatic heterocycles. The largest absolute Gasteiger partial charge is 0.382 e. The van der Waals surface area contributed by atoms with E-state index in [9.17, 15) is 8.42 Å². The van der Waals surface area contributed by atoms with E-state index in [1.54, 1.807) is 12.1 Å². The van der Waals surface area contributed by atoms with Gasteiger partial charge in [0.1, 0.15) is 17.7 Å². The Morgan fingerprint density at radius 1 is 0.892 bits per heavy atom. The second kappa shape index (κ2) is 8.86. The van der Waals surface area contributed by atoms with Crippen molar-refractivity contribution in [3.63, 3.8) is 0 Å². The lowest BCUT2D eigenvalue weighted by molar-refractivity contribution is 0.586. The van der Waals surface area contributed by atoms with Gasteiger partial charge in [-0.1, -0.05) is 66.2 Å². The number of hydrogen-bond acceptors (Lipinski definition) is 6. The molecule has 0 aliphatic heterocycles. The summed E-state index contributed by atoms with van der Waals surface area (Å²) in [5.74, 6) is 0.982. The molecule has 9 heteroatoms. The zero-order chi connectivity index (χ0) is 25.6. The number of nitrogens with two attached hydrogens (primary N) is 1. The van der Waals surface area contributed by atoms with Crippen molar-refractivity contribution < 1.29 is 8.42 Å². The van der Waals surface area contributed by atoms with Crippen molar-refractivity contribution in [2.75, 3.05) is 5.73 Å². The van der Waals surface area contributed by atoms with E-state index < -0.39 is 10.0 Å². The Kier molecular flexibility index (Phi) is 5.49. The number of aromatic nitrogens is 5. The van der Waals surface area contributed by atoms with Gasteiger partial charge in [-0.2, -0.15) is 0 Å². The Morgan fingerprint density at radius 3 is 2.38 bits per heavy atom. The summed E-state index contributed by atoms with van der Waals surface area (Å²) in [6, 6.07) is 24.5. The number of aromatic amines is 1. The molecule has 6 rings (SSSR count). The van der Waals surface area contributed by atoms with E-state index in [0.717, 1.165) is 22.1 Å². The molecule has 0 radical (unpaired) electrons. The van der Waals surface area contributed by atoms with Crippen molar-refractivity contribution in [3.05, 3.63) is 102 Å². The Bertz CT molecular complexity index is 1860. The molecule has 3 aromatic carbocycles. The van der Waals surface area contributed by atoms with Crippen LogP contribution in [-0.2, 0) is 22.9 Å². The van der Waals surface area contributed by atoms with Gasteiger partial charge >= 0.3 is 0 Å². The predicted octanol–water partition coefficient (Wildman–Crippen LogP) is 4.89. The first kappa shape index (κ1) is 22.9. The zero-order valence-electron chi connectivity index (χ0n) is 20.1. The van der Waals surface area contributed by atoms with Crippen LogP contribution in [0.2, 0.25) is 0 Å². The lowest BCUT2D eigenvalue weighted by atomic mass is 10.00. The fourth-order valence-electron chi connectivity index (χ4n) is 4.76. The van der Waals surface area contributed by atoms with Crippen LogP contribution in [0.1, 0.15) is 17.1 Å². The molecule has 0 aliphatic carbocycles. The summed E-state index contributed by atoms with van der Waals surface area (Å²) in [5.41, 5.74) is 11.2. The molecule has 0 saturated carbocycles. The molecule has 37 heavy (non-hydrogen) atoms. The van der Waals surface area contributed by atoms with Crippen LogP contribution in [0.3, 0.4) is 0 Å². The quantitative estimate of drug-likeness (QED) is 0.331. The number of rotatable bonds is 6. The minimum absolute atomic E-state index is 0.242.